The van der Waals surface area contributed by atoms with Crippen molar-refractivity contribution in [1.29, 1.82) is 5.26 Å². The van der Waals surface area contributed by atoms with Crippen molar-refractivity contribution in [2.45, 2.75) is 39.2 Å². The summed E-state index contributed by atoms with van der Waals surface area (Å²) in [6.45, 7) is 4.72. The highest BCUT2D eigenvalue weighted by molar-refractivity contribution is 5.93. The molecule has 2 aromatic carbocycles. The molecule has 0 N–H and O–H groups in total. The lowest BCUT2D eigenvalue weighted by Gasteiger charge is -2.31. The average Bonchev–Trinajstić information content (AvgIpc) is 3.14. The van der Waals surface area contributed by atoms with Gasteiger partial charge in [0.15, 0.2) is 0 Å². The minimum atomic E-state index is -0.184. The molecule has 4 rings (SSSR count). The number of nitrogens with zero attached hydrogens (tertiary/aromatic N) is 2. The van der Waals surface area contributed by atoms with E-state index in [4.69, 9.17) is 10.00 Å². The van der Waals surface area contributed by atoms with Gasteiger partial charge in [-0.3, -0.25) is 0 Å². The molecule has 0 spiro atoms. The van der Waals surface area contributed by atoms with Gasteiger partial charge in [0, 0.05) is 18.7 Å². The van der Waals surface area contributed by atoms with Crippen molar-refractivity contribution >= 4 is 12.0 Å². The molecule has 1 saturated heterocycles. The molecule has 148 valence electrons. The molecule has 0 aliphatic carbocycles. The van der Waals surface area contributed by atoms with Gasteiger partial charge in [-0.05, 0) is 85.7 Å². The van der Waals surface area contributed by atoms with E-state index in [9.17, 15) is 4.79 Å². The molecule has 0 bridgehead atoms. The first-order chi connectivity index (χ1) is 14.1. The number of fused-ring (bicyclic) bond motifs is 1. The largest absolute Gasteiger partial charge is 0.457 e. The van der Waals surface area contributed by atoms with E-state index in [1.165, 1.54) is 30.4 Å². The third-order valence-corrected chi connectivity index (χ3v) is 6.27. The summed E-state index contributed by atoms with van der Waals surface area (Å²) in [7, 11) is 0. The smallest absolute Gasteiger partial charge is 0.338 e. The normalized spacial score (nSPS) is 16.7. The van der Waals surface area contributed by atoms with Crippen LogP contribution in [0, 0.1) is 24.2 Å². The van der Waals surface area contributed by atoms with E-state index in [0.717, 1.165) is 42.1 Å². The Bertz CT molecular complexity index is 962. The van der Waals surface area contributed by atoms with Crippen molar-refractivity contribution in [3.63, 3.8) is 0 Å². The fourth-order valence-corrected chi connectivity index (χ4v) is 4.28. The number of hydrogen-bond donors (Lipinski definition) is 0. The lowest BCUT2D eigenvalue weighted by atomic mass is 9.88. The lowest BCUT2D eigenvalue weighted by Crippen LogP contribution is -2.29. The molecule has 0 saturated carbocycles. The molecule has 4 nitrogen and oxygen atoms in total. The summed E-state index contributed by atoms with van der Waals surface area (Å²) in [5.74, 6) is 0.566. The Hall–Kier alpha value is -3.06. The Morgan fingerprint density at radius 1 is 1.17 bits per heavy atom. The van der Waals surface area contributed by atoms with Crippen LogP contribution in [0.25, 0.3) is 6.08 Å². The Labute approximate surface area is 172 Å². The molecule has 2 aliphatic rings. The molecule has 29 heavy (non-hydrogen) atoms. The minimum absolute atomic E-state index is 0.184. The summed E-state index contributed by atoms with van der Waals surface area (Å²) in [5, 5.41) is 8.87. The molecule has 2 aromatic rings. The molecular formula is C25H26N2O2. The van der Waals surface area contributed by atoms with Gasteiger partial charge in [0.25, 0.3) is 0 Å². The van der Waals surface area contributed by atoms with Crippen molar-refractivity contribution in [3.8, 4) is 6.07 Å². The first-order valence-corrected chi connectivity index (χ1v) is 10.3. The van der Waals surface area contributed by atoms with Gasteiger partial charge in [0.1, 0.15) is 6.61 Å². The van der Waals surface area contributed by atoms with Gasteiger partial charge < -0.3 is 9.64 Å². The van der Waals surface area contributed by atoms with Gasteiger partial charge in [-0.15, -0.1) is 0 Å². The van der Waals surface area contributed by atoms with E-state index in [-0.39, 0.29) is 5.97 Å². The molecule has 0 radical (unpaired) electrons. The molecular weight excluding hydrogens is 360 g/mol. The van der Waals surface area contributed by atoms with Crippen LogP contribution < -0.4 is 0 Å². The van der Waals surface area contributed by atoms with Crippen molar-refractivity contribution in [3.05, 3.63) is 76.0 Å². The first-order valence-electron chi connectivity index (χ1n) is 10.3. The van der Waals surface area contributed by atoms with Crippen molar-refractivity contribution in [2.75, 3.05) is 13.1 Å². The maximum Gasteiger partial charge on any atom is 0.338 e. The van der Waals surface area contributed by atoms with Gasteiger partial charge in [-0.2, -0.15) is 5.26 Å². The number of carbonyl (C=O) groups excluding carboxylic acids is 1. The maximum absolute atomic E-state index is 11.7. The molecule has 0 unspecified atom stereocenters. The number of aryl methyl sites for hydroxylation is 1. The number of cyclic esters (lactones) is 1. The third kappa shape index (κ3) is 4.35. The van der Waals surface area contributed by atoms with Crippen LogP contribution in [0.1, 0.15) is 57.4 Å². The number of rotatable bonds is 5. The summed E-state index contributed by atoms with van der Waals surface area (Å²) in [4.78, 5) is 14.1. The summed E-state index contributed by atoms with van der Waals surface area (Å²) < 4.78 is 5.17. The second-order valence-corrected chi connectivity index (χ2v) is 8.02. The zero-order chi connectivity index (χ0) is 20.2. The quantitative estimate of drug-likeness (QED) is 0.689. The Morgan fingerprint density at radius 2 is 1.93 bits per heavy atom. The summed E-state index contributed by atoms with van der Waals surface area (Å²) >= 11 is 0. The Balaban J connectivity index is 1.27. The summed E-state index contributed by atoms with van der Waals surface area (Å²) in [6, 6.07) is 13.9. The first kappa shape index (κ1) is 19.3. The van der Waals surface area contributed by atoms with Crippen molar-refractivity contribution < 1.29 is 9.53 Å². The van der Waals surface area contributed by atoms with Crippen molar-refractivity contribution in [2.24, 2.45) is 5.92 Å². The fraction of sp³-hybridized carbons (Fsp3) is 0.360. The van der Waals surface area contributed by atoms with Crippen molar-refractivity contribution in [1.82, 2.24) is 4.90 Å². The van der Waals surface area contributed by atoms with E-state index < -0.39 is 0 Å². The Kier molecular flexibility index (Phi) is 5.67. The van der Waals surface area contributed by atoms with Gasteiger partial charge in [0.05, 0.1) is 17.2 Å². The highest BCUT2D eigenvalue weighted by Crippen LogP contribution is 2.29. The zero-order valence-electron chi connectivity index (χ0n) is 16.9. The van der Waals surface area contributed by atoms with E-state index in [0.29, 0.717) is 12.2 Å². The maximum atomic E-state index is 11.7. The topological polar surface area (TPSA) is 53.3 Å². The number of nitriles is 1. The molecule has 0 aromatic heterocycles. The van der Waals surface area contributed by atoms with E-state index in [1.54, 1.807) is 0 Å². The van der Waals surface area contributed by atoms with E-state index in [2.05, 4.69) is 36.2 Å². The van der Waals surface area contributed by atoms with Crippen LogP contribution >= 0.6 is 0 Å². The molecule has 4 heteroatoms. The number of ether oxygens (including phenoxy) is 1. The van der Waals surface area contributed by atoms with Gasteiger partial charge >= 0.3 is 5.97 Å². The lowest BCUT2D eigenvalue weighted by molar-refractivity contribution is 0.0535. The molecule has 0 atom stereocenters. The van der Waals surface area contributed by atoms with Gasteiger partial charge in [-0.25, -0.2) is 4.79 Å². The number of hydrogen-bond acceptors (Lipinski definition) is 4. The van der Waals surface area contributed by atoms with Crippen LogP contribution in [0.2, 0.25) is 0 Å². The van der Waals surface area contributed by atoms with Crippen LogP contribution in [0.4, 0.5) is 0 Å². The summed E-state index contributed by atoms with van der Waals surface area (Å²) in [6.07, 6.45) is 8.99. The van der Waals surface area contributed by atoms with Crippen LogP contribution in [0.5, 0.6) is 0 Å². The van der Waals surface area contributed by atoms with E-state index >= 15 is 0 Å². The third-order valence-electron chi connectivity index (χ3n) is 6.27. The standard InChI is InChI=1S/C25H26N2O2/c1-18-22(8-9-23-24(18)17-29-25(23)28)7-6-20-11-14-27(15-12-20)13-10-19-2-4-21(16-26)5-3-19/h2-5,8-10,13,20H,6-7,11-12,14-15,17H2,1H3/b13-10+. The molecule has 1 fully saturated rings. The predicted octanol–water partition coefficient (Wildman–Crippen LogP) is 4.85. The van der Waals surface area contributed by atoms with Crippen LogP contribution in [0.3, 0.4) is 0 Å². The van der Waals surface area contributed by atoms with E-state index in [1.807, 2.05) is 30.3 Å². The van der Waals surface area contributed by atoms with Gasteiger partial charge in [-0.1, -0.05) is 18.2 Å². The zero-order valence-corrected chi connectivity index (χ0v) is 16.9. The molecule has 2 aliphatic heterocycles. The molecule has 2 heterocycles. The van der Waals surface area contributed by atoms with Crippen LogP contribution in [-0.2, 0) is 17.8 Å². The number of piperidine rings is 1. The number of likely N-dealkylation sites (tertiary alicyclic amines) is 1. The SMILES string of the molecule is Cc1c(CCC2CCN(/C=C/c3ccc(C#N)cc3)CC2)ccc2c1COC2=O. The number of esters is 1. The number of benzene rings is 2. The summed E-state index contributed by atoms with van der Waals surface area (Å²) in [5.41, 5.74) is 6.23. The minimum Gasteiger partial charge on any atom is -0.457 e. The highest BCUT2D eigenvalue weighted by atomic mass is 16.5. The second kappa shape index (κ2) is 8.53. The second-order valence-electron chi connectivity index (χ2n) is 8.02. The predicted molar refractivity (Wildman–Crippen MR) is 113 cm³/mol. The highest BCUT2D eigenvalue weighted by Gasteiger charge is 2.24. The van der Waals surface area contributed by atoms with Gasteiger partial charge in [0.2, 0.25) is 0 Å². The number of carbonyl (C=O) groups is 1. The fourth-order valence-electron chi connectivity index (χ4n) is 4.28. The molecule has 0 amide bonds. The van der Waals surface area contributed by atoms with Crippen LogP contribution in [-0.4, -0.2) is 24.0 Å². The average molecular weight is 386 g/mol. The monoisotopic (exact) mass is 386 g/mol. The van der Waals surface area contributed by atoms with Crippen LogP contribution in [0.15, 0.2) is 42.6 Å². The Morgan fingerprint density at radius 3 is 2.66 bits per heavy atom.